The van der Waals surface area contributed by atoms with Gasteiger partial charge in [-0.2, -0.15) is 4.31 Å². The summed E-state index contributed by atoms with van der Waals surface area (Å²) < 4.78 is 26.7. The minimum atomic E-state index is -3.13. The lowest BCUT2D eigenvalue weighted by Crippen LogP contribution is -2.57. The highest BCUT2D eigenvalue weighted by Gasteiger charge is 2.34. The van der Waals surface area contributed by atoms with E-state index in [1.54, 1.807) is 4.31 Å². The molecule has 0 radical (unpaired) electrons. The van der Waals surface area contributed by atoms with Crippen molar-refractivity contribution in [1.82, 2.24) is 14.5 Å². The summed E-state index contributed by atoms with van der Waals surface area (Å²) in [6, 6.07) is 0.722. The van der Waals surface area contributed by atoms with Gasteiger partial charge in [0.15, 0.2) is 0 Å². The molecule has 0 saturated carbocycles. The summed E-state index contributed by atoms with van der Waals surface area (Å²) in [5.74, 6) is 0.260. The van der Waals surface area contributed by atoms with Crippen LogP contribution in [0.25, 0.3) is 0 Å². The number of hydrogen-bond acceptors (Lipinski definition) is 4. The molecular weight excluding hydrogens is 262 g/mol. The minimum Gasteiger partial charge on any atom is -0.313 e. The smallest absolute Gasteiger partial charge is 0.215 e. The second kappa shape index (κ2) is 6.08. The Morgan fingerprint density at radius 2 is 1.79 bits per heavy atom. The topological polar surface area (TPSA) is 52.7 Å². The molecule has 1 N–H and O–H groups in total. The van der Waals surface area contributed by atoms with Crippen LogP contribution in [0.1, 0.15) is 33.1 Å². The first-order chi connectivity index (χ1) is 8.90. The molecule has 3 unspecified atom stereocenters. The number of rotatable bonds is 3. The predicted molar refractivity (Wildman–Crippen MR) is 77.7 cm³/mol. The van der Waals surface area contributed by atoms with Crippen LogP contribution in [0.2, 0.25) is 0 Å². The van der Waals surface area contributed by atoms with Gasteiger partial charge in [0.1, 0.15) is 0 Å². The summed E-state index contributed by atoms with van der Waals surface area (Å²) in [6.07, 6.45) is 3.29. The Bertz CT molecular complexity index is 381. The van der Waals surface area contributed by atoms with Crippen molar-refractivity contribution in [1.29, 1.82) is 0 Å². The highest BCUT2D eigenvalue weighted by Crippen LogP contribution is 2.18. The van der Waals surface area contributed by atoms with Gasteiger partial charge in [0.2, 0.25) is 10.0 Å². The van der Waals surface area contributed by atoms with Crippen LogP contribution in [0.3, 0.4) is 0 Å². The van der Waals surface area contributed by atoms with Crippen molar-refractivity contribution in [2.75, 3.05) is 32.4 Å². The summed E-state index contributed by atoms with van der Waals surface area (Å²) in [4.78, 5) is 2.25. The Kier molecular flexibility index (Phi) is 4.87. The van der Waals surface area contributed by atoms with Gasteiger partial charge in [-0.05, 0) is 40.3 Å². The number of piperidine rings is 1. The lowest BCUT2D eigenvalue weighted by atomic mass is 10.1. The van der Waals surface area contributed by atoms with E-state index in [1.807, 2.05) is 0 Å². The summed E-state index contributed by atoms with van der Waals surface area (Å²) in [5.41, 5.74) is 0. The van der Waals surface area contributed by atoms with Crippen LogP contribution in [0.5, 0.6) is 0 Å². The molecule has 2 rings (SSSR count). The van der Waals surface area contributed by atoms with Crippen molar-refractivity contribution in [3.8, 4) is 0 Å². The number of hydrogen-bond donors (Lipinski definition) is 1. The van der Waals surface area contributed by atoms with E-state index < -0.39 is 10.0 Å². The van der Waals surface area contributed by atoms with E-state index in [1.165, 1.54) is 6.42 Å². The first kappa shape index (κ1) is 15.2. The van der Waals surface area contributed by atoms with Crippen LogP contribution in [0.4, 0.5) is 0 Å². The molecule has 6 heteroatoms. The molecule has 2 heterocycles. The summed E-state index contributed by atoms with van der Waals surface area (Å²) >= 11 is 0. The Morgan fingerprint density at radius 1 is 1.16 bits per heavy atom. The zero-order valence-electron chi connectivity index (χ0n) is 12.3. The number of likely N-dealkylation sites (N-methyl/N-ethyl adjacent to an activating group) is 1. The molecule has 2 saturated heterocycles. The second-order valence-electron chi connectivity index (χ2n) is 6.11. The van der Waals surface area contributed by atoms with Gasteiger partial charge in [-0.25, -0.2) is 8.42 Å². The highest BCUT2D eigenvalue weighted by molar-refractivity contribution is 7.89. The van der Waals surface area contributed by atoms with Gasteiger partial charge in [0.25, 0.3) is 0 Å². The van der Waals surface area contributed by atoms with Crippen molar-refractivity contribution in [2.45, 2.75) is 51.2 Å². The van der Waals surface area contributed by atoms with Crippen molar-refractivity contribution in [3.63, 3.8) is 0 Å². The molecule has 19 heavy (non-hydrogen) atoms. The molecule has 0 bridgehead atoms. The third-order valence-corrected chi connectivity index (χ3v) is 6.45. The summed E-state index contributed by atoms with van der Waals surface area (Å²) in [7, 11) is -1.06. The van der Waals surface area contributed by atoms with Gasteiger partial charge < -0.3 is 5.32 Å². The standard InChI is InChI=1S/C13H27N3O2S/c1-11-8-16(9-12(2)15(11)3)19(17,18)10-13-6-4-5-7-14-13/h11-14H,4-10H2,1-3H3. The SMILES string of the molecule is CC1CN(S(=O)(=O)CC2CCCCN2)CC(C)N1C. The summed E-state index contributed by atoms with van der Waals surface area (Å²) in [6.45, 7) is 6.38. The number of nitrogens with one attached hydrogen (secondary N) is 1. The van der Waals surface area contributed by atoms with Gasteiger partial charge >= 0.3 is 0 Å². The number of sulfonamides is 1. The van der Waals surface area contributed by atoms with E-state index in [-0.39, 0.29) is 23.9 Å². The van der Waals surface area contributed by atoms with Crippen LogP contribution in [0.15, 0.2) is 0 Å². The molecule has 2 aliphatic rings. The average molecular weight is 289 g/mol. The average Bonchev–Trinajstić information content (AvgIpc) is 2.36. The maximum atomic E-state index is 12.5. The Balaban J connectivity index is 1.99. The van der Waals surface area contributed by atoms with Crippen LogP contribution in [-0.4, -0.2) is 68.2 Å². The van der Waals surface area contributed by atoms with Gasteiger partial charge in [0.05, 0.1) is 5.75 Å². The first-order valence-corrected chi connectivity index (χ1v) is 8.94. The van der Waals surface area contributed by atoms with Crippen molar-refractivity contribution in [2.24, 2.45) is 0 Å². The van der Waals surface area contributed by atoms with Crippen LogP contribution < -0.4 is 5.32 Å². The lowest BCUT2D eigenvalue weighted by molar-refractivity contribution is 0.105. The van der Waals surface area contributed by atoms with E-state index in [2.05, 4.69) is 31.1 Å². The maximum absolute atomic E-state index is 12.5. The first-order valence-electron chi connectivity index (χ1n) is 7.33. The van der Waals surface area contributed by atoms with Crippen molar-refractivity contribution in [3.05, 3.63) is 0 Å². The Labute approximate surface area is 117 Å². The van der Waals surface area contributed by atoms with Gasteiger partial charge in [-0.3, -0.25) is 4.90 Å². The molecule has 5 nitrogen and oxygen atoms in total. The normalized spacial score (nSPS) is 35.4. The molecule has 0 aromatic heterocycles. The monoisotopic (exact) mass is 289 g/mol. The van der Waals surface area contributed by atoms with Gasteiger partial charge in [-0.15, -0.1) is 0 Å². The molecule has 0 spiro atoms. The molecule has 0 aliphatic carbocycles. The molecule has 0 aromatic rings. The molecule has 112 valence electrons. The lowest BCUT2D eigenvalue weighted by Gasteiger charge is -2.42. The minimum absolute atomic E-state index is 0.143. The van der Waals surface area contributed by atoms with E-state index in [4.69, 9.17) is 0 Å². The molecular formula is C13H27N3O2S. The zero-order chi connectivity index (χ0) is 14.0. The second-order valence-corrected chi connectivity index (χ2v) is 8.12. The van der Waals surface area contributed by atoms with Crippen LogP contribution in [0, 0.1) is 0 Å². The quantitative estimate of drug-likeness (QED) is 0.821. The third-order valence-electron chi connectivity index (χ3n) is 4.54. The van der Waals surface area contributed by atoms with E-state index in [9.17, 15) is 8.42 Å². The summed E-state index contributed by atoms with van der Waals surface area (Å²) in [5, 5.41) is 3.33. The fraction of sp³-hybridized carbons (Fsp3) is 1.00. The molecule has 0 aromatic carbocycles. The fourth-order valence-corrected chi connectivity index (χ4v) is 4.90. The molecule has 0 amide bonds. The van der Waals surface area contributed by atoms with Crippen LogP contribution in [-0.2, 0) is 10.0 Å². The Morgan fingerprint density at radius 3 is 2.32 bits per heavy atom. The van der Waals surface area contributed by atoms with E-state index in [0.717, 1.165) is 19.4 Å². The Hall–Kier alpha value is -0.170. The van der Waals surface area contributed by atoms with Crippen molar-refractivity contribution < 1.29 is 8.42 Å². The van der Waals surface area contributed by atoms with E-state index in [0.29, 0.717) is 13.1 Å². The largest absolute Gasteiger partial charge is 0.313 e. The molecule has 3 atom stereocenters. The zero-order valence-corrected chi connectivity index (χ0v) is 13.1. The fourth-order valence-electron chi connectivity index (χ4n) is 3.01. The van der Waals surface area contributed by atoms with Gasteiger partial charge in [-0.1, -0.05) is 6.42 Å². The molecule has 2 fully saturated rings. The molecule has 2 aliphatic heterocycles. The third kappa shape index (κ3) is 3.68. The van der Waals surface area contributed by atoms with Crippen molar-refractivity contribution >= 4 is 10.0 Å². The number of nitrogens with zero attached hydrogens (tertiary/aromatic N) is 2. The number of piperazine rings is 1. The maximum Gasteiger partial charge on any atom is 0.215 e. The predicted octanol–water partition coefficient (Wildman–Crippen LogP) is 0.483. The van der Waals surface area contributed by atoms with Crippen LogP contribution >= 0.6 is 0 Å². The highest BCUT2D eigenvalue weighted by atomic mass is 32.2. The van der Waals surface area contributed by atoms with Gasteiger partial charge in [0, 0.05) is 31.2 Å². The van der Waals surface area contributed by atoms with E-state index >= 15 is 0 Å².